The van der Waals surface area contributed by atoms with Gasteiger partial charge < -0.3 is 10.1 Å². The Labute approximate surface area is 112 Å². The van der Waals surface area contributed by atoms with Crippen LogP contribution in [0, 0.1) is 6.92 Å². The fourth-order valence-electron chi connectivity index (χ4n) is 1.90. The van der Waals surface area contributed by atoms with Gasteiger partial charge in [0.2, 0.25) is 0 Å². The van der Waals surface area contributed by atoms with E-state index in [2.05, 4.69) is 23.3 Å². The van der Waals surface area contributed by atoms with Crippen LogP contribution in [0.3, 0.4) is 0 Å². The van der Waals surface area contributed by atoms with E-state index in [0.29, 0.717) is 0 Å². The van der Waals surface area contributed by atoms with Crippen LogP contribution >= 0.6 is 11.3 Å². The van der Waals surface area contributed by atoms with Crippen molar-refractivity contribution in [1.29, 1.82) is 0 Å². The molecule has 0 radical (unpaired) electrons. The number of ether oxygens (including phenoxy) is 1. The Kier molecular flexibility index (Phi) is 3.99. The van der Waals surface area contributed by atoms with Gasteiger partial charge in [-0.1, -0.05) is 12.1 Å². The molecule has 0 bridgehead atoms. The average Bonchev–Trinajstić information content (AvgIpc) is 2.79. The van der Waals surface area contributed by atoms with Crippen LogP contribution in [0.5, 0.6) is 5.75 Å². The highest BCUT2D eigenvalue weighted by Gasteiger charge is 2.18. The van der Waals surface area contributed by atoms with Crippen molar-refractivity contribution < 1.29 is 4.74 Å². The lowest BCUT2D eigenvalue weighted by Crippen LogP contribution is -2.11. The summed E-state index contributed by atoms with van der Waals surface area (Å²) in [5, 5.41) is 4.35. The molecule has 4 heteroatoms. The van der Waals surface area contributed by atoms with Crippen molar-refractivity contribution in [2.45, 2.75) is 19.9 Å². The van der Waals surface area contributed by atoms with Crippen LogP contribution in [0.15, 0.2) is 24.3 Å². The Morgan fingerprint density at radius 1 is 1.33 bits per heavy atom. The third kappa shape index (κ3) is 2.40. The maximum absolute atomic E-state index is 5.42. The van der Waals surface area contributed by atoms with Crippen LogP contribution in [0.1, 0.15) is 22.9 Å². The van der Waals surface area contributed by atoms with Crippen molar-refractivity contribution in [3.05, 3.63) is 34.2 Å². The maximum atomic E-state index is 5.42. The molecule has 0 aliphatic heterocycles. The van der Waals surface area contributed by atoms with Gasteiger partial charge in [-0.15, -0.1) is 11.3 Å². The monoisotopic (exact) mass is 262 g/mol. The van der Waals surface area contributed by atoms with E-state index in [1.807, 2.05) is 32.2 Å². The first-order valence-corrected chi connectivity index (χ1v) is 6.77. The zero-order chi connectivity index (χ0) is 13.1. The smallest absolute Gasteiger partial charge is 0.128 e. The summed E-state index contributed by atoms with van der Waals surface area (Å²) in [5.74, 6) is 0.868. The molecule has 3 nitrogen and oxygen atoms in total. The van der Waals surface area contributed by atoms with Gasteiger partial charge in [0.1, 0.15) is 5.75 Å². The minimum Gasteiger partial charge on any atom is -0.496 e. The molecule has 0 fully saturated rings. The Balaban J connectivity index is 2.56. The predicted octanol–water partition coefficient (Wildman–Crippen LogP) is 3.41. The molecule has 2 aromatic rings. The van der Waals surface area contributed by atoms with Gasteiger partial charge in [0.25, 0.3) is 0 Å². The predicted molar refractivity (Wildman–Crippen MR) is 76.3 cm³/mol. The second-order valence-electron chi connectivity index (χ2n) is 4.16. The summed E-state index contributed by atoms with van der Waals surface area (Å²) in [4.78, 5) is 5.91. The standard InChI is InChI=1S/C14H18N2OS/c1-9(15-3)14-13(16-10(2)18-14)11-7-5-6-8-12(11)17-4/h5-9,15H,1-4H3. The molecule has 0 saturated carbocycles. The molecule has 1 aromatic carbocycles. The first-order valence-electron chi connectivity index (χ1n) is 5.95. The number of aromatic nitrogens is 1. The molecule has 96 valence electrons. The summed E-state index contributed by atoms with van der Waals surface area (Å²) in [5.41, 5.74) is 2.08. The number of methoxy groups -OCH3 is 1. The number of rotatable bonds is 4. The van der Waals surface area contributed by atoms with E-state index >= 15 is 0 Å². The quantitative estimate of drug-likeness (QED) is 0.917. The largest absolute Gasteiger partial charge is 0.496 e. The lowest BCUT2D eigenvalue weighted by molar-refractivity contribution is 0.416. The molecule has 0 spiro atoms. The number of hydrogen-bond acceptors (Lipinski definition) is 4. The van der Waals surface area contributed by atoms with Crippen LogP contribution in [-0.4, -0.2) is 19.1 Å². The summed E-state index contributed by atoms with van der Waals surface area (Å²) >= 11 is 1.73. The fraction of sp³-hybridized carbons (Fsp3) is 0.357. The van der Waals surface area contributed by atoms with Crippen LogP contribution in [0.4, 0.5) is 0 Å². The SMILES string of the molecule is CNC(C)c1sc(C)nc1-c1ccccc1OC. The second kappa shape index (κ2) is 5.50. The molecule has 2 rings (SSSR count). The lowest BCUT2D eigenvalue weighted by Gasteiger charge is -2.12. The number of para-hydroxylation sites is 1. The van der Waals surface area contributed by atoms with E-state index < -0.39 is 0 Å². The van der Waals surface area contributed by atoms with Gasteiger partial charge in [0.15, 0.2) is 0 Å². The highest BCUT2D eigenvalue weighted by molar-refractivity contribution is 7.12. The van der Waals surface area contributed by atoms with Crippen LogP contribution in [-0.2, 0) is 0 Å². The van der Waals surface area contributed by atoms with Gasteiger partial charge in [-0.05, 0) is 33.0 Å². The molecule has 0 amide bonds. The molecule has 1 aromatic heterocycles. The van der Waals surface area contributed by atoms with Crippen molar-refractivity contribution in [2.24, 2.45) is 0 Å². The summed E-state index contributed by atoms with van der Waals surface area (Å²) in [7, 11) is 3.66. The van der Waals surface area contributed by atoms with E-state index in [9.17, 15) is 0 Å². The lowest BCUT2D eigenvalue weighted by atomic mass is 10.1. The molecule has 1 unspecified atom stereocenters. The topological polar surface area (TPSA) is 34.2 Å². The van der Waals surface area contributed by atoms with Crippen molar-refractivity contribution in [2.75, 3.05) is 14.2 Å². The summed E-state index contributed by atoms with van der Waals surface area (Å²) in [6.45, 7) is 4.18. The van der Waals surface area contributed by atoms with E-state index in [4.69, 9.17) is 4.74 Å². The highest BCUT2D eigenvalue weighted by Crippen LogP contribution is 2.37. The minimum atomic E-state index is 0.288. The molecular formula is C14H18N2OS. The molecule has 18 heavy (non-hydrogen) atoms. The maximum Gasteiger partial charge on any atom is 0.128 e. The average molecular weight is 262 g/mol. The second-order valence-corrected chi connectivity index (χ2v) is 5.39. The molecule has 1 atom stereocenters. The zero-order valence-electron chi connectivity index (χ0n) is 11.2. The Bertz CT molecular complexity index is 536. The highest BCUT2D eigenvalue weighted by atomic mass is 32.1. The van der Waals surface area contributed by atoms with E-state index in [1.54, 1.807) is 18.4 Å². The van der Waals surface area contributed by atoms with Crippen molar-refractivity contribution in [1.82, 2.24) is 10.3 Å². The third-order valence-corrected chi connectivity index (χ3v) is 4.10. The van der Waals surface area contributed by atoms with Crippen molar-refractivity contribution >= 4 is 11.3 Å². The van der Waals surface area contributed by atoms with Gasteiger partial charge >= 0.3 is 0 Å². The van der Waals surface area contributed by atoms with Crippen LogP contribution < -0.4 is 10.1 Å². The van der Waals surface area contributed by atoms with E-state index in [0.717, 1.165) is 22.0 Å². The number of nitrogens with zero attached hydrogens (tertiary/aromatic N) is 1. The molecule has 0 aliphatic rings. The van der Waals surface area contributed by atoms with Crippen LogP contribution in [0.25, 0.3) is 11.3 Å². The number of hydrogen-bond donors (Lipinski definition) is 1. The normalized spacial score (nSPS) is 12.4. The molecule has 0 aliphatic carbocycles. The molecule has 1 N–H and O–H groups in total. The van der Waals surface area contributed by atoms with Gasteiger partial charge in [-0.3, -0.25) is 0 Å². The molecule has 1 heterocycles. The van der Waals surface area contributed by atoms with E-state index in [1.165, 1.54) is 4.88 Å². The number of aryl methyl sites for hydroxylation is 1. The summed E-state index contributed by atoms with van der Waals surface area (Å²) < 4.78 is 5.42. The fourth-order valence-corrected chi connectivity index (χ4v) is 2.90. The van der Waals surface area contributed by atoms with Crippen molar-refractivity contribution in [3.8, 4) is 17.0 Å². The Morgan fingerprint density at radius 3 is 2.72 bits per heavy atom. The molecule has 0 saturated heterocycles. The minimum absolute atomic E-state index is 0.288. The van der Waals surface area contributed by atoms with Gasteiger partial charge in [-0.25, -0.2) is 4.98 Å². The van der Waals surface area contributed by atoms with Crippen LogP contribution in [0.2, 0.25) is 0 Å². The first-order chi connectivity index (χ1) is 8.67. The van der Waals surface area contributed by atoms with E-state index in [-0.39, 0.29) is 6.04 Å². The number of thiazole rings is 1. The third-order valence-electron chi connectivity index (χ3n) is 2.95. The first kappa shape index (κ1) is 13.1. The summed E-state index contributed by atoms with van der Waals surface area (Å²) in [6.07, 6.45) is 0. The van der Waals surface area contributed by atoms with Gasteiger partial charge in [0, 0.05) is 16.5 Å². The van der Waals surface area contributed by atoms with Crippen molar-refractivity contribution in [3.63, 3.8) is 0 Å². The van der Waals surface area contributed by atoms with Gasteiger partial charge in [0.05, 0.1) is 17.8 Å². The summed E-state index contributed by atoms with van der Waals surface area (Å²) in [6, 6.07) is 8.30. The Morgan fingerprint density at radius 2 is 2.06 bits per heavy atom. The molecular weight excluding hydrogens is 244 g/mol. The number of nitrogens with one attached hydrogen (secondary N) is 1. The number of benzene rings is 1. The zero-order valence-corrected chi connectivity index (χ0v) is 12.0. The Hall–Kier alpha value is -1.39. The van der Waals surface area contributed by atoms with Gasteiger partial charge in [-0.2, -0.15) is 0 Å².